The Kier molecular flexibility index (Phi) is 4.06. The number of rotatable bonds is 2. The molecular weight excluding hydrogens is 304 g/mol. The number of carbonyl (C=O) groups excluding carboxylic acids is 1. The van der Waals surface area contributed by atoms with Crippen molar-refractivity contribution >= 4 is 5.91 Å². The third kappa shape index (κ3) is 2.60. The maximum Gasteiger partial charge on any atom is 0.257 e. The monoisotopic (exact) mass is 326 g/mol. The van der Waals surface area contributed by atoms with Gasteiger partial charge in [0.15, 0.2) is 5.82 Å². The van der Waals surface area contributed by atoms with E-state index in [2.05, 4.69) is 10.1 Å². The Morgan fingerprint density at radius 3 is 3.00 bits per heavy atom. The standard InChI is InChI=1S/C18H22N4O2/c1-13-14(12-20-22(13)17-8-4-5-9-19-17)18(23)21-10-11-24-16-7-3-2-6-15(16)21/h4-5,8-9,12,15-16H,2-3,6-7,10-11H2,1H3. The number of aromatic nitrogens is 3. The predicted octanol–water partition coefficient (Wildman–Crippen LogP) is 2.36. The van der Waals surface area contributed by atoms with Crippen LogP contribution in [0.4, 0.5) is 0 Å². The molecule has 1 saturated heterocycles. The van der Waals surface area contributed by atoms with E-state index in [0.29, 0.717) is 18.7 Å². The Bertz CT molecular complexity index is 726. The van der Waals surface area contributed by atoms with E-state index in [0.717, 1.165) is 24.4 Å². The minimum absolute atomic E-state index is 0.0647. The number of morpholine rings is 1. The van der Waals surface area contributed by atoms with E-state index in [1.807, 2.05) is 30.0 Å². The van der Waals surface area contributed by atoms with Gasteiger partial charge >= 0.3 is 0 Å². The molecule has 1 aliphatic heterocycles. The van der Waals surface area contributed by atoms with Crippen molar-refractivity contribution in [3.05, 3.63) is 41.9 Å². The molecule has 2 atom stereocenters. The molecule has 24 heavy (non-hydrogen) atoms. The van der Waals surface area contributed by atoms with E-state index in [9.17, 15) is 4.79 Å². The van der Waals surface area contributed by atoms with E-state index in [-0.39, 0.29) is 18.1 Å². The molecule has 0 aromatic carbocycles. The van der Waals surface area contributed by atoms with Gasteiger partial charge in [0.25, 0.3) is 5.91 Å². The summed E-state index contributed by atoms with van der Waals surface area (Å²) in [4.78, 5) is 19.4. The van der Waals surface area contributed by atoms with Crippen LogP contribution in [0.15, 0.2) is 30.6 Å². The van der Waals surface area contributed by atoms with E-state index < -0.39 is 0 Å². The van der Waals surface area contributed by atoms with Gasteiger partial charge in [-0.3, -0.25) is 4.79 Å². The van der Waals surface area contributed by atoms with Crippen LogP contribution in [0.3, 0.4) is 0 Å². The Balaban J connectivity index is 1.62. The molecular formula is C18H22N4O2. The first-order valence-corrected chi connectivity index (χ1v) is 8.64. The molecule has 1 amide bonds. The highest BCUT2D eigenvalue weighted by molar-refractivity contribution is 5.95. The molecule has 0 radical (unpaired) electrons. The van der Waals surface area contributed by atoms with Gasteiger partial charge in [-0.2, -0.15) is 5.10 Å². The first kappa shape index (κ1) is 15.3. The van der Waals surface area contributed by atoms with Gasteiger partial charge in [0, 0.05) is 12.7 Å². The Labute approximate surface area is 141 Å². The van der Waals surface area contributed by atoms with Crippen molar-refractivity contribution in [2.75, 3.05) is 13.2 Å². The lowest BCUT2D eigenvalue weighted by atomic mass is 9.90. The van der Waals surface area contributed by atoms with Crippen LogP contribution in [0.1, 0.15) is 41.7 Å². The van der Waals surface area contributed by atoms with Gasteiger partial charge in [-0.25, -0.2) is 9.67 Å². The summed E-state index contributed by atoms with van der Waals surface area (Å²) in [5.41, 5.74) is 1.49. The molecule has 4 rings (SSSR count). The molecule has 3 heterocycles. The fourth-order valence-corrected chi connectivity index (χ4v) is 3.83. The lowest BCUT2D eigenvalue weighted by Crippen LogP contribution is -2.54. The summed E-state index contributed by atoms with van der Waals surface area (Å²) in [5, 5.41) is 4.38. The molecule has 2 fully saturated rings. The lowest BCUT2D eigenvalue weighted by molar-refractivity contribution is -0.0753. The highest BCUT2D eigenvalue weighted by Crippen LogP contribution is 2.30. The summed E-state index contributed by atoms with van der Waals surface area (Å²) >= 11 is 0. The minimum Gasteiger partial charge on any atom is -0.374 e. The molecule has 1 saturated carbocycles. The smallest absolute Gasteiger partial charge is 0.257 e. The van der Waals surface area contributed by atoms with Crippen LogP contribution in [-0.4, -0.2) is 50.9 Å². The number of hydrogen-bond donors (Lipinski definition) is 0. The van der Waals surface area contributed by atoms with Crippen molar-refractivity contribution in [2.24, 2.45) is 0 Å². The van der Waals surface area contributed by atoms with Crippen LogP contribution in [0.25, 0.3) is 5.82 Å². The average molecular weight is 326 g/mol. The molecule has 2 aromatic rings. The second-order valence-corrected chi connectivity index (χ2v) is 6.50. The first-order chi connectivity index (χ1) is 11.8. The van der Waals surface area contributed by atoms with Crippen molar-refractivity contribution < 1.29 is 9.53 Å². The molecule has 2 aromatic heterocycles. The molecule has 6 heteroatoms. The van der Waals surface area contributed by atoms with Crippen LogP contribution in [-0.2, 0) is 4.74 Å². The molecule has 2 unspecified atom stereocenters. The fourth-order valence-electron chi connectivity index (χ4n) is 3.83. The zero-order chi connectivity index (χ0) is 16.5. The maximum atomic E-state index is 13.1. The summed E-state index contributed by atoms with van der Waals surface area (Å²) in [6.07, 6.45) is 8.04. The predicted molar refractivity (Wildman–Crippen MR) is 89.1 cm³/mol. The Morgan fingerprint density at radius 2 is 2.17 bits per heavy atom. The Morgan fingerprint density at radius 1 is 1.29 bits per heavy atom. The third-order valence-corrected chi connectivity index (χ3v) is 5.10. The molecule has 0 N–H and O–H groups in total. The molecule has 2 aliphatic rings. The summed E-state index contributed by atoms with van der Waals surface area (Å²) in [6, 6.07) is 5.88. The highest BCUT2D eigenvalue weighted by atomic mass is 16.5. The van der Waals surface area contributed by atoms with E-state index >= 15 is 0 Å². The van der Waals surface area contributed by atoms with Gasteiger partial charge in [0.05, 0.1) is 36.2 Å². The van der Waals surface area contributed by atoms with Crippen LogP contribution in [0.5, 0.6) is 0 Å². The molecule has 0 bridgehead atoms. The number of fused-ring (bicyclic) bond motifs is 1. The second kappa shape index (κ2) is 6.36. The van der Waals surface area contributed by atoms with Crippen molar-refractivity contribution in [1.82, 2.24) is 19.7 Å². The summed E-state index contributed by atoms with van der Waals surface area (Å²) < 4.78 is 7.61. The van der Waals surface area contributed by atoms with Crippen molar-refractivity contribution in [3.63, 3.8) is 0 Å². The second-order valence-electron chi connectivity index (χ2n) is 6.50. The van der Waals surface area contributed by atoms with Crippen LogP contribution >= 0.6 is 0 Å². The molecule has 0 spiro atoms. The van der Waals surface area contributed by atoms with Crippen molar-refractivity contribution in [3.8, 4) is 5.82 Å². The van der Waals surface area contributed by atoms with E-state index in [1.54, 1.807) is 17.1 Å². The number of hydrogen-bond acceptors (Lipinski definition) is 4. The normalized spacial score (nSPS) is 23.8. The molecule has 126 valence electrons. The lowest BCUT2D eigenvalue weighted by Gasteiger charge is -2.43. The molecule has 6 nitrogen and oxygen atoms in total. The third-order valence-electron chi connectivity index (χ3n) is 5.10. The van der Waals surface area contributed by atoms with Gasteiger partial charge < -0.3 is 9.64 Å². The number of amides is 1. The zero-order valence-electron chi connectivity index (χ0n) is 13.9. The average Bonchev–Trinajstić information content (AvgIpc) is 3.03. The summed E-state index contributed by atoms with van der Waals surface area (Å²) in [6.45, 7) is 3.21. The van der Waals surface area contributed by atoms with Gasteiger partial charge in [-0.15, -0.1) is 0 Å². The van der Waals surface area contributed by atoms with E-state index in [4.69, 9.17) is 4.74 Å². The first-order valence-electron chi connectivity index (χ1n) is 8.64. The van der Waals surface area contributed by atoms with Crippen LogP contribution in [0, 0.1) is 6.92 Å². The number of carbonyl (C=O) groups is 1. The quantitative estimate of drug-likeness (QED) is 0.850. The zero-order valence-corrected chi connectivity index (χ0v) is 13.9. The van der Waals surface area contributed by atoms with Gasteiger partial charge in [0.1, 0.15) is 0 Å². The van der Waals surface area contributed by atoms with Crippen molar-refractivity contribution in [1.29, 1.82) is 0 Å². The summed E-state index contributed by atoms with van der Waals surface area (Å²) in [7, 11) is 0. The largest absolute Gasteiger partial charge is 0.374 e. The van der Waals surface area contributed by atoms with E-state index in [1.165, 1.54) is 12.8 Å². The van der Waals surface area contributed by atoms with Crippen LogP contribution in [0.2, 0.25) is 0 Å². The number of pyridine rings is 1. The van der Waals surface area contributed by atoms with Gasteiger partial charge in [-0.1, -0.05) is 18.9 Å². The topological polar surface area (TPSA) is 60.3 Å². The van der Waals surface area contributed by atoms with Gasteiger partial charge in [0.2, 0.25) is 0 Å². The van der Waals surface area contributed by atoms with Crippen LogP contribution < -0.4 is 0 Å². The van der Waals surface area contributed by atoms with Gasteiger partial charge in [-0.05, 0) is 31.9 Å². The minimum atomic E-state index is 0.0647. The molecule has 1 aliphatic carbocycles. The maximum absolute atomic E-state index is 13.1. The Hall–Kier alpha value is -2.21. The highest BCUT2D eigenvalue weighted by Gasteiger charge is 2.37. The fraction of sp³-hybridized carbons (Fsp3) is 0.500. The SMILES string of the molecule is Cc1c(C(=O)N2CCOC3CCCCC32)cnn1-c1ccccn1. The van der Waals surface area contributed by atoms with Crippen molar-refractivity contribution in [2.45, 2.75) is 44.8 Å². The number of ether oxygens (including phenoxy) is 1. The summed E-state index contributed by atoms with van der Waals surface area (Å²) in [5.74, 6) is 0.793. The number of nitrogens with zero attached hydrogens (tertiary/aromatic N) is 4.